The van der Waals surface area contributed by atoms with Crippen molar-refractivity contribution >= 4 is 28.5 Å². The molecule has 8 nitrogen and oxygen atoms in total. The second-order valence-corrected chi connectivity index (χ2v) is 9.13. The van der Waals surface area contributed by atoms with Crippen molar-refractivity contribution in [1.82, 2.24) is 10.6 Å². The Morgan fingerprint density at radius 3 is 2.65 bits per heavy atom. The van der Waals surface area contributed by atoms with E-state index in [0.29, 0.717) is 35.1 Å². The van der Waals surface area contributed by atoms with Crippen LogP contribution < -0.4 is 20.1 Å². The molecule has 0 aromatic heterocycles. The van der Waals surface area contributed by atoms with Crippen molar-refractivity contribution < 1.29 is 29.6 Å². The maximum absolute atomic E-state index is 12.6. The van der Waals surface area contributed by atoms with Gasteiger partial charge in [0, 0.05) is 24.2 Å². The van der Waals surface area contributed by atoms with Gasteiger partial charge in [0.2, 0.25) is 5.91 Å². The number of rotatable bonds is 9. The van der Waals surface area contributed by atoms with Crippen LogP contribution in [0.15, 0.2) is 23.8 Å². The van der Waals surface area contributed by atoms with Gasteiger partial charge in [-0.05, 0) is 65.6 Å². The van der Waals surface area contributed by atoms with Crippen molar-refractivity contribution in [3.63, 3.8) is 0 Å². The number of halogens is 1. The largest absolute Gasteiger partial charge is 0.493 e. The number of benzene rings is 1. The zero-order chi connectivity index (χ0) is 22.4. The number of aliphatic hydroxyl groups excluding tert-OH is 3. The van der Waals surface area contributed by atoms with Gasteiger partial charge in [-0.15, -0.1) is 0 Å². The third-order valence-electron chi connectivity index (χ3n) is 5.77. The van der Waals surface area contributed by atoms with E-state index in [2.05, 4.69) is 33.2 Å². The fourth-order valence-electron chi connectivity index (χ4n) is 4.17. The molecule has 3 atom stereocenters. The first-order valence-electron chi connectivity index (χ1n) is 10.6. The van der Waals surface area contributed by atoms with E-state index in [4.69, 9.17) is 14.6 Å². The molecule has 31 heavy (non-hydrogen) atoms. The summed E-state index contributed by atoms with van der Waals surface area (Å²) in [6.45, 7) is -0.0988. The van der Waals surface area contributed by atoms with E-state index >= 15 is 0 Å². The third kappa shape index (κ3) is 6.10. The van der Waals surface area contributed by atoms with Crippen molar-refractivity contribution in [2.45, 2.75) is 63.0 Å². The SMILES string of the molecule is COc1cc(CO)cc(I)c1OC1C=C(C(=O)NCCO)CC(NC2CCCC2)C1O. The molecule has 172 valence electrons. The molecule has 9 heteroatoms. The van der Waals surface area contributed by atoms with E-state index < -0.39 is 12.2 Å². The average Bonchev–Trinajstić information content (AvgIpc) is 3.28. The second kappa shape index (κ2) is 11.5. The molecule has 2 aliphatic rings. The van der Waals surface area contributed by atoms with Crippen molar-refractivity contribution in [1.29, 1.82) is 0 Å². The van der Waals surface area contributed by atoms with Gasteiger partial charge < -0.3 is 35.4 Å². The highest BCUT2D eigenvalue weighted by Crippen LogP contribution is 2.36. The van der Waals surface area contributed by atoms with Gasteiger partial charge in [-0.1, -0.05) is 12.8 Å². The number of hydrogen-bond donors (Lipinski definition) is 5. The Labute approximate surface area is 196 Å². The van der Waals surface area contributed by atoms with Crippen LogP contribution in [0.4, 0.5) is 0 Å². The van der Waals surface area contributed by atoms with E-state index in [9.17, 15) is 15.0 Å². The maximum atomic E-state index is 12.6. The molecule has 1 aromatic carbocycles. The molecule has 0 heterocycles. The van der Waals surface area contributed by atoms with Gasteiger partial charge in [0.25, 0.3) is 0 Å². The molecule has 5 N–H and O–H groups in total. The van der Waals surface area contributed by atoms with Gasteiger partial charge in [0.15, 0.2) is 11.5 Å². The standard InChI is InChI=1S/C22H31IN2O6/c1-30-19-9-13(12-27)8-16(23)21(19)31-18-11-14(22(29)24-6-7-26)10-17(20(18)28)25-15-4-2-3-5-15/h8-9,11,15,17-18,20,25-28H,2-7,10,12H2,1H3,(H,24,29). The molecule has 2 aliphatic carbocycles. The van der Waals surface area contributed by atoms with Gasteiger partial charge >= 0.3 is 0 Å². The predicted molar refractivity (Wildman–Crippen MR) is 124 cm³/mol. The highest BCUT2D eigenvalue weighted by molar-refractivity contribution is 14.1. The molecule has 3 rings (SSSR count). The Morgan fingerprint density at radius 1 is 1.26 bits per heavy atom. The molecular weight excluding hydrogens is 515 g/mol. The van der Waals surface area contributed by atoms with Crippen LogP contribution in [0.1, 0.15) is 37.7 Å². The van der Waals surface area contributed by atoms with Crippen LogP contribution in [0.2, 0.25) is 0 Å². The van der Waals surface area contributed by atoms with Crippen LogP contribution in [0, 0.1) is 3.57 Å². The minimum absolute atomic E-state index is 0.124. The number of carbonyl (C=O) groups excluding carboxylic acids is 1. The summed E-state index contributed by atoms with van der Waals surface area (Å²) in [5.41, 5.74) is 1.21. The van der Waals surface area contributed by atoms with Crippen molar-refractivity contribution in [3.8, 4) is 11.5 Å². The Kier molecular flexibility index (Phi) is 8.96. The zero-order valence-electron chi connectivity index (χ0n) is 17.6. The molecule has 0 aliphatic heterocycles. The lowest BCUT2D eigenvalue weighted by molar-refractivity contribution is -0.118. The maximum Gasteiger partial charge on any atom is 0.247 e. The fraction of sp³-hybridized carbons (Fsp3) is 0.591. The third-order valence-corrected chi connectivity index (χ3v) is 6.58. The predicted octanol–water partition coefficient (Wildman–Crippen LogP) is 1.24. The van der Waals surface area contributed by atoms with E-state index in [1.165, 1.54) is 7.11 Å². The molecule has 1 fully saturated rings. The van der Waals surface area contributed by atoms with Gasteiger partial charge in [0.1, 0.15) is 12.2 Å². The summed E-state index contributed by atoms with van der Waals surface area (Å²) in [4.78, 5) is 12.6. The molecule has 0 saturated heterocycles. The number of carbonyl (C=O) groups is 1. The number of nitrogens with one attached hydrogen (secondary N) is 2. The van der Waals surface area contributed by atoms with E-state index in [-0.39, 0.29) is 31.7 Å². The number of hydrogen-bond acceptors (Lipinski definition) is 7. The first kappa shape index (κ1) is 24.2. The first-order valence-corrected chi connectivity index (χ1v) is 11.7. The summed E-state index contributed by atoms with van der Waals surface area (Å²) in [5.74, 6) is 0.635. The molecule has 0 radical (unpaired) electrons. The summed E-state index contributed by atoms with van der Waals surface area (Å²) in [6.07, 6.45) is 4.85. The normalized spacial score (nSPS) is 24.0. The molecule has 1 saturated carbocycles. The van der Waals surface area contributed by atoms with Crippen LogP contribution in [-0.4, -0.2) is 65.8 Å². The number of aliphatic hydroxyl groups is 3. The van der Waals surface area contributed by atoms with Gasteiger partial charge in [0.05, 0.1) is 23.9 Å². The lowest BCUT2D eigenvalue weighted by Crippen LogP contribution is -2.53. The fourth-order valence-corrected chi connectivity index (χ4v) is 4.97. The highest BCUT2D eigenvalue weighted by atomic mass is 127. The van der Waals surface area contributed by atoms with Crippen molar-refractivity contribution in [2.24, 2.45) is 0 Å². The quantitative estimate of drug-likeness (QED) is 0.296. The summed E-state index contributed by atoms with van der Waals surface area (Å²) >= 11 is 2.10. The summed E-state index contributed by atoms with van der Waals surface area (Å²) < 4.78 is 12.4. The highest BCUT2D eigenvalue weighted by Gasteiger charge is 2.37. The second-order valence-electron chi connectivity index (χ2n) is 7.97. The Balaban J connectivity index is 1.87. The summed E-state index contributed by atoms with van der Waals surface area (Å²) in [7, 11) is 1.52. The van der Waals surface area contributed by atoms with E-state index in [1.54, 1.807) is 18.2 Å². The molecule has 1 amide bonds. The van der Waals surface area contributed by atoms with Crippen LogP contribution in [0.25, 0.3) is 0 Å². The van der Waals surface area contributed by atoms with E-state index in [0.717, 1.165) is 29.3 Å². The Hall–Kier alpha value is -1.40. The Morgan fingerprint density at radius 2 is 2.00 bits per heavy atom. The summed E-state index contributed by atoms with van der Waals surface area (Å²) in [6, 6.07) is 3.48. The minimum Gasteiger partial charge on any atom is -0.493 e. The number of amides is 1. The molecule has 3 unspecified atom stereocenters. The van der Waals surface area contributed by atoms with Gasteiger partial charge in [-0.3, -0.25) is 4.79 Å². The monoisotopic (exact) mass is 546 g/mol. The first-order chi connectivity index (χ1) is 15.0. The van der Waals surface area contributed by atoms with Gasteiger partial charge in [-0.25, -0.2) is 0 Å². The van der Waals surface area contributed by atoms with Crippen LogP contribution in [0.5, 0.6) is 11.5 Å². The Bertz CT molecular complexity index is 796. The molecular formula is C22H31IN2O6. The zero-order valence-corrected chi connectivity index (χ0v) is 19.8. The number of methoxy groups -OCH3 is 1. The molecule has 0 spiro atoms. The van der Waals surface area contributed by atoms with Crippen molar-refractivity contribution in [3.05, 3.63) is 32.9 Å². The lowest BCUT2D eigenvalue weighted by atomic mass is 9.88. The average molecular weight is 546 g/mol. The smallest absolute Gasteiger partial charge is 0.247 e. The van der Waals surface area contributed by atoms with Crippen LogP contribution in [0.3, 0.4) is 0 Å². The van der Waals surface area contributed by atoms with Crippen LogP contribution in [-0.2, 0) is 11.4 Å². The summed E-state index contributed by atoms with van der Waals surface area (Å²) in [5, 5.41) is 35.8. The van der Waals surface area contributed by atoms with Gasteiger partial charge in [-0.2, -0.15) is 0 Å². The lowest BCUT2D eigenvalue weighted by Gasteiger charge is -2.36. The molecule has 1 aromatic rings. The minimum atomic E-state index is -0.854. The van der Waals surface area contributed by atoms with E-state index in [1.807, 2.05) is 0 Å². The van der Waals surface area contributed by atoms with Crippen molar-refractivity contribution in [2.75, 3.05) is 20.3 Å². The number of ether oxygens (including phenoxy) is 2. The molecule has 0 bridgehead atoms. The topological polar surface area (TPSA) is 120 Å². The van der Waals surface area contributed by atoms with Crippen LogP contribution >= 0.6 is 22.6 Å².